The van der Waals surface area contributed by atoms with E-state index >= 15 is 0 Å². The van der Waals surface area contributed by atoms with Crippen molar-refractivity contribution in [3.63, 3.8) is 0 Å². The molecule has 2 aromatic carbocycles. The second kappa shape index (κ2) is 7.42. The number of pyridine rings is 1. The van der Waals surface area contributed by atoms with Crippen molar-refractivity contribution < 1.29 is 12.8 Å². The number of benzene rings is 2. The van der Waals surface area contributed by atoms with Crippen LogP contribution in [0.2, 0.25) is 0 Å². The smallest absolute Gasteiger partial charge is 0.157 e. The summed E-state index contributed by atoms with van der Waals surface area (Å²) in [5.74, 6) is 0.0774. The van der Waals surface area contributed by atoms with Crippen LogP contribution in [0.25, 0.3) is 10.9 Å². The highest BCUT2D eigenvalue weighted by Crippen LogP contribution is 2.62. The normalized spacial score (nSPS) is 25.4. The maximum atomic E-state index is 13.8. The number of nitriles is 1. The van der Waals surface area contributed by atoms with Gasteiger partial charge in [0.25, 0.3) is 0 Å². The Hall–Kier alpha value is -2.78. The second-order valence-corrected chi connectivity index (χ2v) is 11.2. The highest BCUT2D eigenvalue weighted by atomic mass is 32.2. The number of rotatable bonds is 4. The highest BCUT2D eigenvalue weighted by Gasteiger charge is 2.60. The number of hydrogen-bond acceptors (Lipinski definition) is 4. The third kappa shape index (κ3) is 3.72. The molecule has 2 saturated carbocycles. The van der Waals surface area contributed by atoms with Gasteiger partial charge in [-0.05, 0) is 91.0 Å². The average Bonchev–Trinajstić information content (AvgIpc) is 3.49. The lowest BCUT2D eigenvalue weighted by Crippen LogP contribution is -2.22. The van der Waals surface area contributed by atoms with Crippen molar-refractivity contribution in [3.05, 3.63) is 77.2 Å². The van der Waals surface area contributed by atoms with Crippen LogP contribution in [0.3, 0.4) is 0 Å². The summed E-state index contributed by atoms with van der Waals surface area (Å²) in [5.41, 5.74) is 3.09. The van der Waals surface area contributed by atoms with Crippen LogP contribution in [0.5, 0.6) is 0 Å². The molecule has 0 bridgehead atoms. The topological polar surface area (TPSA) is 70.8 Å². The Labute approximate surface area is 181 Å². The summed E-state index contributed by atoms with van der Waals surface area (Å²) in [6, 6.07) is 15.5. The summed E-state index contributed by atoms with van der Waals surface area (Å²) in [6.45, 7) is 0. The highest BCUT2D eigenvalue weighted by molar-refractivity contribution is 7.91. The van der Waals surface area contributed by atoms with Gasteiger partial charge in [0.2, 0.25) is 0 Å². The molecule has 2 aliphatic rings. The predicted molar refractivity (Wildman–Crippen MR) is 118 cm³/mol. The van der Waals surface area contributed by atoms with E-state index in [1.165, 1.54) is 6.07 Å². The molecule has 0 amide bonds. The van der Waals surface area contributed by atoms with Gasteiger partial charge < -0.3 is 0 Å². The summed E-state index contributed by atoms with van der Waals surface area (Å²) < 4.78 is 39.9. The maximum Gasteiger partial charge on any atom is 0.157 e. The summed E-state index contributed by atoms with van der Waals surface area (Å²) >= 11 is 0. The largest absolute Gasteiger partial charge is 0.256 e. The minimum absolute atomic E-state index is 0.0306. The molecule has 0 saturated heterocycles. The van der Waals surface area contributed by atoms with Crippen LogP contribution in [0.4, 0.5) is 4.39 Å². The summed E-state index contributed by atoms with van der Waals surface area (Å²) in [5, 5.41) is 9.50. The molecule has 5 rings (SSSR count). The molecule has 4 nitrogen and oxygen atoms in total. The Bertz CT molecular complexity index is 1290. The molecule has 0 N–H and O–H groups in total. The molecule has 2 fully saturated rings. The average molecular weight is 435 g/mol. The fourth-order valence-electron chi connectivity index (χ4n) is 5.35. The van der Waals surface area contributed by atoms with Gasteiger partial charge in [-0.1, -0.05) is 12.1 Å². The van der Waals surface area contributed by atoms with E-state index in [-0.39, 0.29) is 22.2 Å². The SMILES string of the molecule is N#Cc1ccc(CS(=O)(=O)C2CC23CCC(c2ccnc4ccc(F)cc24)CC3)cc1. The van der Waals surface area contributed by atoms with Crippen LogP contribution in [0, 0.1) is 22.6 Å². The monoisotopic (exact) mass is 434 g/mol. The van der Waals surface area contributed by atoms with Gasteiger partial charge in [-0.3, -0.25) is 4.98 Å². The van der Waals surface area contributed by atoms with Gasteiger partial charge in [0.15, 0.2) is 9.84 Å². The van der Waals surface area contributed by atoms with E-state index in [4.69, 9.17) is 5.26 Å². The fourth-order valence-corrected chi connectivity index (χ4v) is 7.79. The number of halogens is 1. The first-order valence-corrected chi connectivity index (χ1v) is 12.4. The molecule has 31 heavy (non-hydrogen) atoms. The molecule has 0 radical (unpaired) electrons. The molecule has 6 heteroatoms. The van der Waals surface area contributed by atoms with Crippen LogP contribution < -0.4 is 0 Å². The van der Waals surface area contributed by atoms with Gasteiger partial charge in [-0.25, -0.2) is 12.8 Å². The summed E-state index contributed by atoms with van der Waals surface area (Å²) in [4.78, 5) is 4.35. The van der Waals surface area contributed by atoms with Gasteiger partial charge in [0.1, 0.15) is 5.82 Å². The quantitative estimate of drug-likeness (QED) is 0.560. The van der Waals surface area contributed by atoms with Crippen LogP contribution in [-0.4, -0.2) is 18.7 Å². The van der Waals surface area contributed by atoms with Crippen LogP contribution in [-0.2, 0) is 15.6 Å². The van der Waals surface area contributed by atoms with E-state index in [0.29, 0.717) is 11.5 Å². The van der Waals surface area contributed by atoms with Crippen LogP contribution >= 0.6 is 0 Å². The number of nitrogens with zero attached hydrogens (tertiary/aromatic N) is 2. The number of fused-ring (bicyclic) bond motifs is 1. The third-order valence-electron chi connectivity index (χ3n) is 7.16. The zero-order chi connectivity index (χ0) is 21.6. The Morgan fingerprint density at radius 2 is 1.84 bits per heavy atom. The van der Waals surface area contributed by atoms with Crippen LogP contribution in [0.1, 0.15) is 54.7 Å². The van der Waals surface area contributed by atoms with Crippen molar-refractivity contribution >= 4 is 20.7 Å². The van der Waals surface area contributed by atoms with Crippen molar-refractivity contribution in [2.75, 3.05) is 0 Å². The second-order valence-electron chi connectivity index (χ2n) is 9.01. The lowest BCUT2D eigenvalue weighted by Gasteiger charge is -2.30. The molecule has 2 aliphatic carbocycles. The van der Waals surface area contributed by atoms with Gasteiger partial charge >= 0.3 is 0 Å². The molecule has 1 atom stereocenters. The van der Waals surface area contributed by atoms with Crippen LogP contribution in [0.15, 0.2) is 54.7 Å². The first-order valence-electron chi connectivity index (χ1n) is 10.6. The van der Waals surface area contributed by atoms with Crippen molar-refractivity contribution in [2.45, 2.75) is 49.0 Å². The van der Waals surface area contributed by atoms with Crippen molar-refractivity contribution in [1.82, 2.24) is 4.98 Å². The third-order valence-corrected chi connectivity index (χ3v) is 9.43. The van der Waals surface area contributed by atoms with E-state index in [2.05, 4.69) is 11.1 Å². The minimum atomic E-state index is -3.23. The number of hydrogen-bond donors (Lipinski definition) is 0. The van der Waals surface area contributed by atoms with Crippen molar-refractivity contribution in [2.24, 2.45) is 5.41 Å². The standard InChI is InChI=1S/C25H23FN2O2S/c26-20-5-6-23-22(13-20)21(9-12-28-23)19-7-10-25(11-8-19)14-24(25)31(29,30)16-18-3-1-17(15-27)2-4-18/h1-6,9,12-13,19,24H,7-8,10-11,14,16H2. The Kier molecular flexibility index (Phi) is 4.82. The lowest BCUT2D eigenvalue weighted by molar-refractivity contribution is 0.307. The van der Waals surface area contributed by atoms with E-state index < -0.39 is 9.84 Å². The zero-order valence-electron chi connectivity index (χ0n) is 17.1. The van der Waals surface area contributed by atoms with E-state index in [0.717, 1.165) is 54.1 Å². The predicted octanol–water partition coefficient (Wildman–Crippen LogP) is 5.28. The number of sulfone groups is 1. The van der Waals surface area contributed by atoms with E-state index in [1.54, 1.807) is 42.6 Å². The molecular weight excluding hydrogens is 411 g/mol. The number of aromatic nitrogens is 1. The molecule has 0 aliphatic heterocycles. The van der Waals surface area contributed by atoms with Gasteiger partial charge in [0, 0.05) is 11.6 Å². The Balaban J connectivity index is 1.29. The van der Waals surface area contributed by atoms with Crippen molar-refractivity contribution in [1.29, 1.82) is 5.26 Å². The zero-order valence-corrected chi connectivity index (χ0v) is 17.9. The first-order chi connectivity index (χ1) is 14.9. The maximum absolute atomic E-state index is 13.8. The first kappa shape index (κ1) is 20.1. The molecule has 1 unspecified atom stereocenters. The molecule has 158 valence electrons. The van der Waals surface area contributed by atoms with Gasteiger partial charge in [-0.2, -0.15) is 5.26 Å². The van der Waals surface area contributed by atoms with Gasteiger partial charge in [-0.15, -0.1) is 0 Å². The van der Waals surface area contributed by atoms with Crippen molar-refractivity contribution in [3.8, 4) is 6.07 Å². The molecule has 3 aromatic rings. The van der Waals surface area contributed by atoms with Gasteiger partial charge in [0.05, 0.1) is 28.2 Å². The summed E-state index contributed by atoms with van der Waals surface area (Å²) in [6.07, 6.45) is 6.12. The molecular formula is C25H23FN2O2S. The Morgan fingerprint density at radius 3 is 2.55 bits per heavy atom. The Morgan fingerprint density at radius 1 is 1.10 bits per heavy atom. The molecule has 1 aromatic heterocycles. The lowest BCUT2D eigenvalue weighted by atomic mass is 9.76. The minimum Gasteiger partial charge on any atom is -0.256 e. The fraction of sp³-hybridized carbons (Fsp3) is 0.360. The summed E-state index contributed by atoms with van der Waals surface area (Å²) in [7, 11) is -3.23. The molecule has 1 spiro atoms. The van der Waals surface area contributed by atoms with E-state index in [1.807, 2.05) is 6.07 Å². The molecule has 1 heterocycles. The van der Waals surface area contributed by atoms with E-state index in [9.17, 15) is 12.8 Å².